The van der Waals surface area contributed by atoms with Crippen LogP contribution in [0.15, 0.2) is 33.9 Å². The fourth-order valence-electron chi connectivity index (χ4n) is 1.97. The largest absolute Gasteiger partial charge is 0.496 e. The summed E-state index contributed by atoms with van der Waals surface area (Å²) in [4.78, 5) is 24.3. The molecule has 0 aliphatic heterocycles. The molecule has 0 aliphatic rings. The Morgan fingerprint density at radius 2 is 1.96 bits per heavy atom. The Bertz CT molecular complexity index is 734. The number of hydrogen-bond donors (Lipinski definition) is 2. The highest BCUT2D eigenvalue weighted by Gasteiger charge is 2.11. The topological polar surface area (TPSA) is 107 Å². The molecule has 134 valence electrons. The smallest absolute Gasteiger partial charge is 0.329 e. The van der Waals surface area contributed by atoms with E-state index in [0.717, 1.165) is 5.56 Å². The maximum Gasteiger partial charge on any atom is 0.329 e. The lowest BCUT2D eigenvalue weighted by molar-refractivity contribution is -0.145. The second-order valence-electron chi connectivity index (χ2n) is 4.92. The first-order valence-electron chi connectivity index (χ1n) is 7.40. The molecular weight excluding hydrogens is 328 g/mol. The van der Waals surface area contributed by atoms with Crippen LogP contribution in [0.3, 0.4) is 0 Å². The van der Waals surface area contributed by atoms with Crippen molar-refractivity contribution in [1.29, 1.82) is 0 Å². The summed E-state index contributed by atoms with van der Waals surface area (Å²) in [6, 6.07) is 5.63. The van der Waals surface area contributed by atoms with Crippen molar-refractivity contribution in [3.05, 3.63) is 35.7 Å². The Balaban J connectivity index is 2.23. The number of ether oxygens (including phenoxy) is 2. The average Bonchev–Trinajstić information content (AvgIpc) is 3.01. The van der Waals surface area contributed by atoms with Crippen LogP contribution < -0.4 is 20.3 Å². The van der Waals surface area contributed by atoms with Crippen LogP contribution >= 0.6 is 0 Å². The number of aryl methyl sites for hydroxylation is 1. The van der Waals surface area contributed by atoms with Crippen LogP contribution in [-0.4, -0.2) is 31.1 Å². The molecule has 0 unspecified atom stereocenters. The molecule has 2 rings (SSSR count). The van der Waals surface area contributed by atoms with E-state index >= 15 is 0 Å². The Morgan fingerprint density at radius 3 is 2.48 bits per heavy atom. The highest BCUT2D eigenvalue weighted by molar-refractivity contribution is 5.91. The van der Waals surface area contributed by atoms with E-state index in [-0.39, 0.29) is 18.5 Å². The number of hydroxylamine groups is 1. The summed E-state index contributed by atoms with van der Waals surface area (Å²) >= 11 is 0. The van der Waals surface area contributed by atoms with Gasteiger partial charge in [-0.05, 0) is 19.1 Å². The van der Waals surface area contributed by atoms with Gasteiger partial charge in [-0.25, -0.2) is 4.99 Å². The van der Waals surface area contributed by atoms with Gasteiger partial charge in [-0.15, -0.1) is 0 Å². The van der Waals surface area contributed by atoms with Gasteiger partial charge in [0, 0.05) is 6.92 Å². The number of rotatable bonds is 5. The van der Waals surface area contributed by atoms with Gasteiger partial charge in [-0.3, -0.25) is 10.1 Å². The Kier molecular flexibility index (Phi) is 6.21. The lowest BCUT2D eigenvalue weighted by Crippen LogP contribution is -2.32. The first-order chi connectivity index (χ1) is 12.0. The van der Waals surface area contributed by atoms with Gasteiger partial charge in [0.15, 0.2) is 0 Å². The minimum Gasteiger partial charge on any atom is -0.496 e. The van der Waals surface area contributed by atoms with Crippen molar-refractivity contribution >= 4 is 17.9 Å². The van der Waals surface area contributed by atoms with Gasteiger partial charge < -0.3 is 18.7 Å². The zero-order chi connectivity index (χ0) is 18.2. The van der Waals surface area contributed by atoms with Gasteiger partial charge in [-0.2, -0.15) is 10.5 Å². The van der Waals surface area contributed by atoms with E-state index in [2.05, 4.69) is 20.8 Å². The molecule has 0 fully saturated rings. The number of hydrogen-bond acceptors (Lipinski definition) is 7. The highest BCUT2D eigenvalue weighted by Crippen LogP contribution is 2.28. The second-order valence-corrected chi connectivity index (χ2v) is 4.92. The molecule has 9 nitrogen and oxygen atoms in total. The van der Waals surface area contributed by atoms with Crippen molar-refractivity contribution in [2.75, 3.05) is 19.5 Å². The third-order valence-corrected chi connectivity index (χ3v) is 3.06. The summed E-state index contributed by atoms with van der Waals surface area (Å²) in [6.45, 7) is 3.25. The third kappa shape index (κ3) is 5.13. The number of methoxy groups -OCH3 is 2. The van der Waals surface area contributed by atoms with Crippen LogP contribution in [0.1, 0.15) is 18.2 Å². The zero-order valence-corrected chi connectivity index (χ0v) is 14.5. The molecule has 2 N–H and O–H groups in total. The number of benzene rings is 1. The van der Waals surface area contributed by atoms with E-state index in [1.165, 1.54) is 13.2 Å². The van der Waals surface area contributed by atoms with Crippen molar-refractivity contribution in [1.82, 2.24) is 10.5 Å². The lowest BCUT2D eigenvalue weighted by Gasteiger charge is -2.12. The Hall–Kier alpha value is -3.23. The van der Waals surface area contributed by atoms with E-state index in [1.54, 1.807) is 33.3 Å². The number of oxazole rings is 1. The molecule has 1 aromatic carbocycles. The molecule has 0 spiro atoms. The standard InChI is InChI=1S/C16H20N4O5/c1-10-9-24-16(18-10)19-15(20-25-11(2)21)17-8-12-13(22-3)6-5-7-14(12)23-4/h5-7,9H,8H2,1-4H3,(H2,17,18,19,20). The van der Waals surface area contributed by atoms with Crippen molar-refractivity contribution < 1.29 is 23.5 Å². The third-order valence-electron chi connectivity index (χ3n) is 3.06. The number of aromatic nitrogens is 1. The number of aliphatic imine (C=N–C) groups is 1. The quantitative estimate of drug-likeness (QED) is 0.480. The van der Waals surface area contributed by atoms with Crippen LogP contribution in [0.4, 0.5) is 6.01 Å². The van der Waals surface area contributed by atoms with Crippen LogP contribution in [-0.2, 0) is 16.2 Å². The SMILES string of the molecule is COc1cccc(OC)c1CN=C(NOC(C)=O)Nc1nc(C)co1. The molecule has 1 heterocycles. The maximum atomic E-state index is 11.0. The molecule has 0 radical (unpaired) electrons. The molecule has 0 aliphatic carbocycles. The summed E-state index contributed by atoms with van der Waals surface area (Å²) in [5.41, 5.74) is 3.86. The summed E-state index contributed by atoms with van der Waals surface area (Å²) < 4.78 is 15.9. The summed E-state index contributed by atoms with van der Waals surface area (Å²) in [6.07, 6.45) is 1.48. The van der Waals surface area contributed by atoms with Gasteiger partial charge in [0.25, 0.3) is 0 Å². The molecule has 0 bridgehead atoms. The molecular formula is C16H20N4O5. The summed E-state index contributed by atoms with van der Waals surface area (Å²) in [7, 11) is 3.13. The first kappa shape index (κ1) is 18.1. The van der Waals surface area contributed by atoms with Gasteiger partial charge in [0.05, 0.1) is 32.0 Å². The lowest BCUT2D eigenvalue weighted by atomic mass is 10.2. The number of nitrogens with one attached hydrogen (secondary N) is 2. The van der Waals surface area contributed by atoms with Gasteiger partial charge >= 0.3 is 12.0 Å². The molecule has 0 amide bonds. The molecule has 2 aromatic rings. The number of guanidine groups is 1. The van der Waals surface area contributed by atoms with E-state index in [9.17, 15) is 4.79 Å². The van der Waals surface area contributed by atoms with Crippen molar-refractivity contribution in [3.63, 3.8) is 0 Å². The first-order valence-corrected chi connectivity index (χ1v) is 7.40. The number of carbonyl (C=O) groups excluding carboxylic acids is 1. The minimum atomic E-state index is -0.520. The molecule has 25 heavy (non-hydrogen) atoms. The second kappa shape index (κ2) is 8.57. The van der Waals surface area contributed by atoms with Crippen LogP contribution in [0.25, 0.3) is 0 Å². The van der Waals surface area contributed by atoms with Crippen LogP contribution in [0, 0.1) is 6.92 Å². The van der Waals surface area contributed by atoms with Crippen LogP contribution in [0.5, 0.6) is 11.5 Å². The maximum absolute atomic E-state index is 11.0. The normalized spacial score (nSPS) is 11.0. The fraction of sp³-hybridized carbons (Fsp3) is 0.312. The van der Waals surface area contributed by atoms with Gasteiger partial charge in [0.2, 0.25) is 5.96 Å². The van der Waals surface area contributed by atoms with Gasteiger partial charge in [0.1, 0.15) is 17.8 Å². The van der Waals surface area contributed by atoms with E-state index in [1.807, 2.05) is 6.07 Å². The number of anilines is 1. The monoisotopic (exact) mass is 348 g/mol. The number of nitrogens with zero attached hydrogens (tertiary/aromatic N) is 2. The predicted molar refractivity (Wildman–Crippen MR) is 90.4 cm³/mol. The average molecular weight is 348 g/mol. The fourth-order valence-corrected chi connectivity index (χ4v) is 1.97. The molecule has 1 aromatic heterocycles. The zero-order valence-electron chi connectivity index (χ0n) is 14.5. The number of carbonyl (C=O) groups is 1. The molecule has 0 saturated carbocycles. The van der Waals surface area contributed by atoms with Crippen molar-refractivity contribution in [2.45, 2.75) is 20.4 Å². The van der Waals surface area contributed by atoms with Crippen molar-refractivity contribution in [3.8, 4) is 11.5 Å². The predicted octanol–water partition coefficient (Wildman–Crippen LogP) is 2.04. The van der Waals surface area contributed by atoms with Crippen molar-refractivity contribution in [2.24, 2.45) is 4.99 Å². The molecule has 9 heteroatoms. The molecule has 0 saturated heterocycles. The minimum absolute atomic E-state index is 0.144. The summed E-state index contributed by atoms with van der Waals surface area (Å²) in [5.74, 6) is 0.877. The van der Waals surface area contributed by atoms with Crippen LogP contribution in [0.2, 0.25) is 0 Å². The van der Waals surface area contributed by atoms with E-state index < -0.39 is 5.97 Å². The van der Waals surface area contributed by atoms with E-state index in [0.29, 0.717) is 17.2 Å². The van der Waals surface area contributed by atoms with Gasteiger partial charge in [-0.1, -0.05) is 6.07 Å². The molecule has 0 atom stereocenters. The summed E-state index contributed by atoms with van der Waals surface area (Å²) in [5, 5.41) is 2.80. The van der Waals surface area contributed by atoms with E-state index in [4.69, 9.17) is 18.7 Å². The Morgan fingerprint density at radius 1 is 1.28 bits per heavy atom. The Labute approximate surface area is 145 Å². The highest BCUT2D eigenvalue weighted by atomic mass is 16.7.